The second-order valence-electron chi connectivity index (χ2n) is 5.02. The van der Waals surface area contributed by atoms with Crippen LogP contribution in [0.5, 0.6) is 0 Å². The van der Waals surface area contributed by atoms with Gasteiger partial charge in [-0.2, -0.15) is 0 Å². The molecule has 18 heavy (non-hydrogen) atoms. The van der Waals surface area contributed by atoms with Crippen LogP contribution in [0.4, 0.5) is 0 Å². The van der Waals surface area contributed by atoms with E-state index in [4.69, 9.17) is 0 Å². The molecule has 1 aliphatic rings. The van der Waals surface area contributed by atoms with Crippen molar-refractivity contribution < 1.29 is 0 Å². The maximum atomic E-state index is 12.5. The van der Waals surface area contributed by atoms with Gasteiger partial charge in [0.2, 0.25) is 0 Å². The summed E-state index contributed by atoms with van der Waals surface area (Å²) in [4.78, 5) is 18.9. The zero-order valence-electron chi connectivity index (χ0n) is 10.7. The fourth-order valence-electron chi connectivity index (χ4n) is 2.55. The van der Waals surface area contributed by atoms with Crippen molar-refractivity contribution in [1.29, 1.82) is 0 Å². The highest BCUT2D eigenvalue weighted by atomic mass is 32.1. The lowest BCUT2D eigenvalue weighted by molar-refractivity contribution is 0.470. The second-order valence-corrected chi connectivity index (χ2v) is 6.23. The fraction of sp³-hybridized carbons (Fsp3) is 0.538. The van der Waals surface area contributed by atoms with E-state index in [1.807, 2.05) is 13.8 Å². The Bertz CT molecular complexity index is 637. The number of rotatable bonds is 2. The second kappa shape index (κ2) is 4.48. The van der Waals surface area contributed by atoms with Crippen LogP contribution >= 0.6 is 11.3 Å². The molecule has 2 aromatic rings. The number of hydrogen-bond donors (Lipinski definition) is 1. The largest absolute Gasteiger partial charge is 0.316 e. The molecule has 1 N–H and O–H groups in total. The smallest absolute Gasteiger partial charge is 0.262 e. The molecule has 3 rings (SSSR count). The monoisotopic (exact) mass is 263 g/mol. The van der Waals surface area contributed by atoms with Gasteiger partial charge in [-0.05, 0) is 44.8 Å². The molecule has 1 fully saturated rings. The van der Waals surface area contributed by atoms with Crippen LogP contribution < -0.4 is 10.9 Å². The first kappa shape index (κ1) is 11.9. The average Bonchev–Trinajstić information content (AvgIpc) is 2.93. The molecule has 2 aromatic heterocycles. The number of hydrogen-bond acceptors (Lipinski definition) is 4. The van der Waals surface area contributed by atoms with Crippen LogP contribution in [0.1, 0.15) is 16.9 Å². The lowest BCUT2D eigenvalue weighted by atomic mass is 10.1. The molecule has 0 radical (unpaired) electrons. The molecule has 0 aliphatic carbocycles. The number of nitrogens with zero attached hydrogens (tertiary/aromatic N) is 2. The summed E-state index contributed by atoms with van der Waals surface area (Å²) in [6, 6.07) is 0. The summed E-state index contributed by atoms with van der Waals surface area (Å²) in [7, 11) is 0. The van der Waals surface area contributed by atoms with Crippen LogP contribution in [0.15, 0.2) is 11.1 Å². The van der Waals surface area contributed by atoms with Crippen LogP contribution in [0.2, 0.25) is 0 Å². The number of aromatic nitrogens is 2. The van der Waals surface area contributed by atoms with Gasteiger partial charge in [0.1, 0.15) is 4.83 Å². The molecule has 0 amide bonds. The highest BCUT2D eigenvalue weighted by Gasteiger charge is 2.17. The Morgan fingerprint density at radius 3 is 3.11 bits per heavy atom. The lowest BCUT2D eigenvalue weighted by Crippen LogP contribution is -2.25. The van der Waals surface area contributed by atoms with Gasteiger partial charge < -0.3 is 5.32 Å². The van der Waals surface area contributed by atoms with E-state index in [0.717, 1.165) is 41.8 Å². The molecule has 0 aromatic carbocycles. The summed E-state index contributed by atoms with van der Waals surface area (Å²) >= 11 is 1.61. The van der Waals surface area contributed by atoms with Crippen molar-refractivity contribution in [2.75, 3.05) is 13.1 Å². The van der Waals surface area contributed by atoms with Gasteiger partial charge in [-0.25, -0.2) is 4.98 Å². The van der Waals surface area contributed by atoms with Gasteiger partial charge in [0.25, 0.3) is 5.56 Å². The Balaban J connectivity index is 2.05. The maximum absolute atomic E-state index is 12.5. The quantitative estimate of drug-likeness (QED) is 0.897. The molecule has 1 unspecified atom stereocenters. The van der Waals surface area contributed by atoms with Gasteiger partial charge in [-0.15, -0.1) is 11.3 Å². The summed E-state index contributed by atoms with van der Waals surface area (Å²) < 4.78 is 1.78. The van der Waals surface area contributed by atoms with Crippen LogP contribution in [-0.2, 0) is 6.54 Å². The molecular weight excluding hydrogens is 246 g/mol. The van der Waals surface area contributed by atoms with Crippen molar-refractivity contribution in [2.45, 2.75) is 26.8 Å². The molecule has 5 heteroatoms. The Morgan fingerprint density at radius 1 is 1.56 bits per heavy atom. The van der Waals surface area contributed by atoms with Crippen LogP contribution in [0.3, 0.4) is 0 Å². The standard InChI is InChI=1S/C13H17N3OS/c1-8-9(2)18-12-11(8)13(17)16(7-15-12)6-10-3-4-14-5-10/h7,10,14H,3-6H2,1-2H3. The Hall–Kier alpha value is -1.20. The fourth-order valence-corrected chi connectivity index (χ4v) is 3.54. The number of fused-ring (bicyclic) bond motifs is 1. The molecular formula is C13H17N3OS. The maximum Gasteiger partial charge on any atom is 0.262 e. The Kier molecular flexibility index (Phi) is 2.95. The van der Waals surface area contributed by atoms with E-state index in [9.17, 15) is 4.79 Å². The van der Waals surface area contributed by atoms with Gasteiger partial charge >= 0.3 is 0 Å². The van der Waals surface area contributed by atoms with Crippen molar-refractivity contribution in [3.8, 4) is 0 Å². The molecule has 96 valence electrons. The third-order valence-corrected chi connectivity index (χ3v) is 4.89. The highest BCUT2D eigenvalue weighted by Crippen LogP contribution is 2.25. The zero-order chi connectivity index (χ0) is 12.7. The molecule has 4 nitrogen and oxygen atoms in total. The van der Waals surface area contributed by atoms with E-state index >= 15 is 0 Å². The first-order valence-electron chi connectivity index (χ1n) is 6.32. The Labute approximate surface area is 110 Å². The van der Waals surface area contributed by atoms with Gasteiger partial charge in [-0.1, -0.05) is 0 Å². The van der Waals surface area contributed by atoms with Gasteiger partial charge in [0.15, 0.2) is 0 Å². The van der Waals surface area contributed by atoms with Crippen molar-refractivity contribution >= 4 is 21.6 Å². The summed E-state index contributed by atoms with van der Waals surface area (Å²) in [5.41, 5.74) is 1.21. The SMILES string of the molecule is Cc1sc2ncn(CC3CCNC3)c(=O)c2c1C. The minimum atomic E-state index is 0.119. The van der Waals surface area contributed by atoms with Gasteiger partial charge in [0.05, 0.1) is 11.7 Å². The lowest BCUT2D eigenvalue weighted by Gasteiger charge is -2.10. The molecule has 0 spiro atoms. The number of nitrogens with one attached hydrogen (secondary N) is 1. The van der Waals surface area contributed by atoms with Crippen molar-refractivity contribution in [3.63, 3.8) is 0 Å². The van der Waals surface area contributed by atoms with Crippen molar-refractivity contribution in [2.24, 2.45) is 5.92 Å². The van der Waals surface area contributed by atoms with Crippen molar-refractivity contribution in [3.05, 3.63) is 27.1 Å². The average molecular weight is 263 g/mol. The Morgan fingerprint density at radius 2 is 2.39 bits per heavy atom. The minimum absolute atomic E-state index is 0.119. The molecule has 3 heterocycles. The van der Waals surface area contributed by atoms with E-state index in [1.165, 1.54) is 4.88 Å². The normalized spacial score (nSPS) is 19.8. The zero-order valence-corrected chi connectivity index (χ0v) is 11.5. The summed E-state index contributed by atoms with van der Waals surface area (Å²) in [5.74, 6) is 0.557. The van der Waals surface area contributed by atoms with Gasteiger partial charge in [-0.3, -0.25) is 9.36 Å². The molecule has 0 saturated carbocycles. The van der Waals surface area contributed by atoms with E-state index in [1.54, 1.807) is 22.2 Å². The predicted molar refractivity (Wildman–Crippen MR) is 74.3 cm³/mol. The summed E-state index contributed by atoms with van der Waals surface area (Å²) in [6.45, 7) is 6.91. The third-order valence-electron chi connectivity index (χ3n) is 3.77. The molecule has 1 atom stereocenters. The van der Waals surface area contributed by atoms with E-state index in [2.05, 4.69) is 10.3 Å². The number of aryl methyl sites for hydroxylation is 2. The van der Waals surface area contributed by atoms with E-state index in [0.29, 0.717) is 5.92 Å². The predicted octanol–water partition coefficient (Wildman–Crippen LogP) is 1.68. The first-order valence-corrected chi connectivity index (χ1v) is 7.14. The number of thiophene rings is 1. The van der Waals surface area contributed by atoms with Crippen LogP contribution in [-0.4, -0.2) is 22.6 Å². The van der Waals surface area contributed by atoms with Crippen molar-refractivity contribution in [1.82, 2.24) is 14.9 Å². The highest BCUT2D eigenvalue weighted by molar-refractivity contribution is 7.18. The van der Waals surface area contributed by atoms with E-state index < -0.39 is 0 Å². The van der Waals surface area contributed by atoms with E-state index in [-0.39, 0.29) is 5.56 Å². The molecule has 1 saturated heterocycles. The third kappa shape index (κ3) is 1.87. The molecule has 1 aliphatic heterocycles. The topological polar surface area (TPSA) is 46.9 Å². The van der Waals surface area contributed by atoms with Crippen LogP contribution in [0, 0.1) is 19.8 Å². The summed E-state index contributed by atoms with van der Waals surface area (Å²) in [6.07, 6.45) is 2.85. The first-order chi connectivity index (χ1) is 8.66. The minimum Gasteiger partial charge on any atom is -0.316 e. The van der Waals surface area contributed by atoms with Gasteiger partial charge in [0, 0.05) is 11.4 Å². The summed E-state index contributed by atoms with van der Waals surface area (Å²) in [5, 5.41) is 4.14. The molecule has 0 bridgehead atoms. The van der Waals surface area contributed by atoms with Crippen LogP contribution in [0.25, 0.3) is 10.2 Å².